The Hall–Kier alpha value is -1.44. The number of esters is 2. The number of carbonyl (C=O) groups is 2. The largest absolute Gasteiger partial charge is 0.460 e. The van der Waals surface area contributed by atoms with Crippen molar-refractivity contribution in [1.82, 2.24) is 0 Å². The van der Waals surface area contributed by atoms with E-state index in [2.05, 4.69) is 40.1 Å². The summed E-state index contributed by atoms with van der Waals surface area (Å²) in [5.74, 6) is -0.732. The van der Waals surface area contributed by atoms with Gasteiger partial charge in [0.2, 0.25) is 0 Å². The molecule has 0 fully saturated rings. The Morgan fingerprint density at radius 2 is 1.23 bits per heavy atom. The molecule has 0 aliphatic heterocycles. The molecule has 0 aliphatic carbocycles. The Morgan fingerprint density at radius 1 is 0.774 bits per heavy atom. The molecule has 0 saturated heterocycles. The second-order valence-electron chi connectivity index (χ2n) is 9.77. The SMILES string of the molecule is C=C(C)C(=O)OCCOCCCC(C)(C)C[Si](C)(C)CCCOCCOC(=O)C(=C)C. The predicted molar refractivity (Wildman–Crippen MR) is 128 cm³/mol. The maximum Gasteiger partial charge on any atom is 0.333 e. The molecule has 6 nitrogen and oxygen atoms in total. The summed E-state index contributed by atoms with van der Waals surface area (Å²) in [6.07, 6.45) is 3.15. The third-order valence-corrected chi connectivity index (χ3v) is 8.48. The molecule has 0 N–H and O–H groups in total. The zero-order valence-electron chi connectivity index (χ0n) is 20.6. The van der Waals surface area contributed by atoms with Gasteiger partial charge < -0.3 is 18.9 Å². The molecule has 0 heterocycles. The summed E-state index contributed by atoms with van der Waals surface area (Å²) in [7, 11) is -1.33. The van der Waals surface area contributed by atoms with E-state index in [1.807, 2.05) is 0 Å². The molecular formula is C24H44O6Si. The summed E-state index contributed by atoms with van der Waals surface area (Å²) in [6, 6.07) is 2.47. The number of ether oxygens (including phenoxy) is 4. The smallest absolute Gasteiger partial charge is 0.333 e. The summed E-state index contributed by atoms with van der Waals surface area (Å²) in [4.78, 5) is 22.6. The Morgan fingerprint density at radius 3 is 1.68 bits per heavy atom. The van der Waals surface area contributed by atoms with Crippen LogP contribution in [0.5, 0.6) is 0 Å². The van der Waals surface area contributed by atoms with Crippen LogP contribution < -0.4 is 0 Å². The van der Waals surface area contributed by atoms with Crippen molar-refractivity contribution in [2.24, 2.45) is 5.41 Å². The monoisotopic (exact) mass is 456 g/mol. The van der Waals surface area contributed by atoms with Crippen LogP contribution in [-0.2, 0) is 28.5 Å². The van der Waals surface area contributed by atoms with Crippen molar-refractivity contribution in [1.29, 1.82) is 0 Å². The van der Waals surface area contributed by atoms with Crippen molar-refractivity contribution >= 4 is 20.0 Å². The van der Waals surface area contributed by atoms with Crippen molar-refractivity contribution in [2.75, 3.05) is 39.6 Å². The molecule has 0 aliphatic rings. The van der Waals surface area contributed by atoms with E-state index >= 15 is 0 Å². The van der Waals surface area contributed by atoms with Crippen LogP contribution in [0.2, 0.25) is 25.2 Å². The van der Waals surface area contributed by atoms with Gasteiger partial charge in [0, 0.05) is 32.4 Å². The van der Waals surface area contributed by atoms with E-state index in [1.54, 1.807) is 13.8 Å². The van der Waals surface area contributed by atoms with Gasteiger partial charge in [0.1, 0.15) is 13.2 Å². The maximum atomic E-state index is 11.3. The van der Waals surface area contributed by atoms with Gasteiger partial charge in [0.15, 0.2) is 0 Å². The zero-order valence-corrected chi connectivity index (χ0v) is 21.6. The molecule has 7 heteroatoms. The molecule has 31 heavy (non-hydrogen) atoms. The van der Waals surface area contributed by atoms with Crippen LogP contribution in [-0.4, -0.2) is 59.7 Å². The lowest BCUT2D eigenvalue weighted by Crippen LogP contribution is -2.32. The van der Waals surface area contributed by atoms with Crippen LogP contribution in [0.15, 0.2) is 24.3 Å². The number of rotatable bonds is 18. The topological polar surface area (TPSA) is 71.1 Å². The molecule has 0 aromatic rings. The van der Waals surface area contributed by atoms with Gasteiger partial charge in [-0.1, -0.05) is 52.2 Å². The molecule has 0 spiro atoms. The van der Waals surface area contributed by atoms with Crippen molar-refractivity contribution < 1.29 is 28.5 Å². The van der Waals surface area contributed by atoms with Crippen LogP contribution >= 0.6 is 0 Å². The Kier molecular flexibility index (Phi) is 14.7. The van der Waals surface area contributed by atoms with E-state index < -0.39 is 8.07 Å². The van der Waals surface area contributed by atoms with Gasteiger partial charge in [-0.3, -0.25) is 0 Å². The van der Waals surface area contributed by atoms with Gasteiger partial charge >= 0.3 is 11.9 Å². The third kappa shape index (κ3) is 16.9. The van der Waals surface area contributed by atoms with Crippen molar-refractivity contribution in [3.63, 3.8) is 0 Å². The summed E-state index contributed by atoms with van der Waals surface area (Å²) >= 11 is 0. The van der Waals surface area contributed by atoms with E-state index in [-0.39, 0.29) is 30.6 Å². The van der Waals surface area contributed by atoms with Crippen LogP contribution in [0.1, 0.15) is 47.0 Å². The van der Waals surface area contributed by atoms with Gasteiger partial charge in [0.05, 0.1) is 13.2 Å². The molecule has 0 amide bonds. The first kappa shape index (κ1) is 29.6. The van der Waals surface area contributed by atoms with Crippen LogP contribution in [0.3, 0.4) is 0 Å². The summed E-state index contributed by atoms with van der Waals surface area (Å²) < 4.78 is 21.2. The first-order valence-corrected chi connectivity index (χ1v) is 14.6. The third-order valence-electron chi connectivity index (χ3n) is 4.86. The normalized spacial score (nSPS) is 11.8. The van der Waals surface area contributed by atoms with Gasteiger partial charge in [0.25, 0.3) is 0 Å². The fraction of sp³-hybridized carbons (Fsp3) is 0.750. The van der Waals surface area contributed by atoms with E-state index in [9.17, 15) is 9.59 Å². The second kappa shape index (κ2) is 15.4. The lowest BCUT2D eigenvalue weighted by molar-refractivity contribution is -0.141. The van der Waals surface area contributed by atoms with Crippen LogP contribution in [0.4, 0.5) is 0 Å². The highest BCUT2D eigenvalue weighted by Crippen LogP contribution is 2.35. The highest BCUT2D eigenvalue weighted by Gasteiger charge is 2.29. The molecule has 180 valence electrons. The molecule has 0 rings (SSSR count). The number of hydrogen-bond donors (Lipinski definition) is 0. The van der Waals surface area contributed by atoms with Gasteiger partial charge in [-0.15, -0.1) is 0 Å². The predicted octanol–water partition coefficient (Wildman–Crippen LogP) is 5.16. The van der Waals surface area contributed by atoms with Crippen molar-refractivity contribution in [3.05, 3.63) is 24.3 Å². The minimum absolute atomic E-state index is 0.271. The fourth-order valence-corrected chi connectivity index (χ4v) is 7.66. The first-order valence-electron chi connectivity index (χ1n) is 11.2. The summed E-state index contributed by atoms with van der Waals surface area (Å²) in [5.41, 5.74) is 1.10. The molecule has 0 aromatic heterocycles. The molecular weight excluding hydrogens is 412 g/mol. The minimum atomic E-state index is -1.33. The lowest BCUT2D eigenvalue weighted by Gasteiger charge is -2.34. The Labute approximate surface area is 190 Å². The average molecular weight is 457 g/mol. The molecule has 0 unspecified atom stereocenters. The van der Waals surface area contributed by atoms with E-state index in [1.165, 1.54) is 12.1 Å². The quantitative estimate of drug-likeness (QED) is 0.123. The van der Waals surface area contributed by atoms with Crippen molar-refractivity contribution in [2.45, 2.75) is 72.1 Å². The molecule has 0 radical (unpaired) electrons. The molecule has 0 bridgehead atoms. The Balaban J connectivity index is 3.87. The summed E-state index contributed by atoms with van der Waals surface area (Å²) in [6.45, 7) is 22.7. The number of hydrogen-bond acceptors (Lipinski definition) is 6. The van der Waals surface area contributed by atoms with Crippen molar-refractivity contribution in [3.8, 4) is 0 Å². The molecule has 0 atom stereocenters. The standard InChI is InChI=1S/C24H44O6Si/c1-20(2)22(25)29-16-14-27-12-9-11-24(5,6)19-31(7,8)18-10-13-28-15-17-30-23(26)21(3)4/h1,3,9-19H2,2,4-8H3. The molecule has 0 saturated carbocycles. The maximum absolute atomic E-state index is 11.3. The minimum Gasteiger partial charge on any atom is -0.460 e. The highest BCUT2D eigenvalue weighted by molar-refractivity contribution is 6.77. The average Bonchev–Trinajstić information content (AvgIpc) is 2.64. The lowest BCUT2D eigenvalue weighted by atomic mass is 9.90. The van der Waals surface area contributed by atoms with Crippen LogP contribution in [0, 0.1) is 5.41 Å². The fourth-order valence-electron chi connectivity index (χ4n) is 3.61. The zero-order chi connectivity index (χ0) is 23.9. The molecule has 0 aromatic carbocycles. The van der Waals surface area contributed by atoms with E-state index in [0.29, 0.717) is 37.6 Å². The van der Waals surface area contributed by atoms with Gasteiger partial charge in [-0.05, 0) is 38.5 Å². The highest BCUT2D eigenvalue weighted by atomic mass is 28.3. The van der Waals surface area contributed by atoms with Gasteiger partial charge in [-0.25, -0.2) is 9.59 Å². The Bertz CT molecular complexity index is 533. The van der Waals surface area contributed by atoms with Gasteiger partial charge in [-0.2, -0.15) is 0 Å². The second-order valence-corrected chi connectivity index (χ2v) is 15.0. The first-order chi connectivity index (χ1) is 14.4. The number of carbonyl (C=O) groups excluding carboxylic acids is 2. The van der Waals surface area contributed by atoms with E-state index in [4.69, 9.17) is 18.9 Å². The summed E-state index contributed by atoms with van der Waals surface area (Å²) in [5, 5.41) is 0. The van der Waals surface area contributed by atoms with Crippen LogP contribution in [0.25, 0.3) is 0 Å². The van der Waals surface area contributed by atoms with E-state index in [0.717, 1.165) is 19.3 Å².